The fourth-order valence-corrected chi connectivity index (χ4v) is 12.2. The van der Waals surface area contributed by atoms with Crippen molar-refractivity contribution >= 4 is 71.2 Å². The summed E-state index contributed by atoms with van der Waals surface area (Å²) in [4.78, 5) is 2.48. The number of benzene rings is 11. The van der Waals surface area contributed by atoms with E-state index in [2.05, 4.69) is 314 Å². The third-order valence-corrected chi connectivity index (χ3v) is 17.2. The Morgan fingerprint density at radius 2 is 0.637 bits per heavy atom. The summed E-state index contributed by atoms with van der Waals surface area (Å²) in [6, 6.07) is 77.1. The minimum atomic E-state index is 0.00857. The van der Waals surface area contributed by atoms with E-state index in [0.29, 0.717) is 0 Å². The second-order valence-electron chi connectivity index (χ2n) is 28.0. The summed E-state index contributed by atoms with van der Waals surface area (Å²) in [5, 5.41) is 10.1. The summed E-state index contributed by atoms with van der Waals surface area (Å²) in [6.07, 6.45) is 0. The molecule has 0 saturated heterocycles. The monoisotopic (exact) mass is 1040 g/mol. The molecule has 0 spiro atoms. The molecule has 0 radical (unpaired) electrons. The Morgan fingerprint density at radius 1 is 0.275 bits per heavy atom. The van der Waals surface area contributed by atoms with Gasteiger partial charge in [0.25, 0.3) is 0 Å². The van der Waals surface area contributed by atoms with Gasteiger partial charge in [0.15, 0.2) is 0 Å². The molecule has 80 heavy (non-hydrogen) atoms. The number of rotatable bonds is 7. The molecule has 0 amide bonds. The van der Waals surface area contributed by atoms with Crippen LogP contribution in [0.4, 0.5) is 17.1 Å². The van der Waals surface area contributed by atoms with Gasteiger partial charge >= 0.3 is 0 Å². The average Bonchev–Trinajstić information content (AvgIpc) is 3.98. The van der Waals surface area contributed by atoms with Gasteiger partial charge in [0, 0.05) is 32.9 Å². The Hall–Kier alpha value is -7.94. The second-order valence-corrected chi connectivity index (χ2v) is 28.0. The molecule has 0 atom stereocenters. The molecule has 0 aliphatic heterocycles. The van der Waals surface area contributed by atoms with Crippen LogP contribution in [-0.2, 0) is 27.1 Å². The van der Waals surface area contributed by atoms with Crippen molar-refractivity contribution in [3.63, 3.8) is 0 Å². The fourth-order valence-electron chi connectivity index (χ4n) is 12.2. The normalized spacial score (nSPS) is 12.9. The minimum Gasteiger partial charge on any atom is -0.310 e. The molecule has 0 fully saturated rings. The molecule has 0 N–H and O–H groups in total. The summed E-state index contributed by atoms with van der Waals surface area (Å²) in [5.41, 5.74) is 21.2. The number of nitrogens with zero attached hydrogens (tertiary/aromatic N) is 2. The topological polar surface area (TPSA) is 8.17 Å². The minimum absolute atomic E-state index is 0.00857. The van der Waals surface area contributed by atoms with Crippen LogP contribution in [0.5, 0.6) is 0 Å². The number of anilines is 3. The summed E-state index contributed by atoms with van der Waals surface area (Å²) >= 11 is 0. The predicted molar refractivity (Wildman–Crippen MR) is 349 cm³/mol. The molecule has 11 aromatic carbocycles. The highest BCUT2D eigenvalue weighted by atomic mass is 15.1. The van der Waals surface area contributed by atoms with Crippen LogP contribution in [0, 0.1) is 0 Å². The van der Waals surface area contributed by atoms with E-state index < -0.39 is 0 Å². The second kappa shape index (κ2) is 18.8. The molecule has 1 aromatic heterocycles. The number of hydrogen-bond acceptors (Lipinski definition) is 1. The van der Waals surface area contributed by atoms with Crippen molar-refractivity contribution in [2.24, 2.45) is 0 Å². The molecular weight excluding hydrogens is 965 g/mol. The number of aromatic nitrogens is 1. The largest absolute Gasteiger partial charge is 0.310 e. The quantitative estimate of drug-likeness (QED) is 0.144. The van der Waals surface area contributed by atoms with Crippen LogP contribution in [-0.4, -0.2) is 4.57 Å². The standard InChI is InChI=1S/C78H78N2/c1-74(2,3)55-28-16-49(17-29-55)50-20-35-60(36-21-50)79(61-37-22-51(23-38-61)62-41-32-57(76(7,8)9)46-65(62)52-18-30-56(31-19-52)75(4,5)6)68-42-26-53-25-40-64-69(43-27-54-24-39-63(68)72(53)73(54)64)80-70-44-33-58(77(10,11)12)47-66(70)67-48-59(78(13,14)15)34-45-71(67)80/h16-48H,1-15H3. The van der Waals surface area contributed by atoms with Gasteiger partial charge in [-0.05, 0) is 170 Å². The van der Waals surface area contributed by atoms with Gasteiger partial charge in [-0.3, -0.25) is 0 Å². The molecule has 0 bridgehead atoms. The van der Waals surface area contributed by atoms with E-state index in [0.717, 1.165) is 17.1 Å². The van der Waals surface area contributed by atoms with Crippen molar-refractivity contribution in [1.82, 2.24) is 4.57 Å². The summed E-state index contributed by atoms with van der Waals surface area (Å²) in [6.45, 7) is 34.5. The maximum absolute atomic E-state index is 2.53. The van der Waals surface area contributed by atoms with E-state index in [1.165, 1.54) is 121 Å². The lowest BCUT2D eigenvalue weighted by Crippen LogP contribution is -2.12. The molecule has 12 rings (SSSR count). The van der Waals surface area contributed by atoms with E-state index in [-0.39, 0.29) is 27.1 Å². The maximum Gasteiger partial charge on any atom is 0.0541 e. The van der Waals surface area contributed by atoms with Gasteiger partial charge in [-0.25, -0.2) is 0 Å². The molecule has 12 aromatic rings. The Morgan fingerprint density at radius 3 is 1.12 bits per heavy atom. The van der Waals surface area contributed by atoms with Gasteiger partial charge in [-0.2, -0.15) is 0 Å². The van der Waals surface area contributed by atoms with E-state index in [4.69, 9.17) is 0 Å². The van der Waals surface area contributed by atoms with E-state index in [1.54, 1.807) is 0 Å². The lowest BCUT2D eigenvalue weighted by Gasteiger charge is -2.28. The molecular formula is C78H78N2. The fraction of sp³-hybridized carbons (Fsp3) is 0.256. The zero-order chi connectivity index (χ0) is 56.4. The highest BCUT2D eigenvalue weighted by Crippen LogP contribution is 2.48. The number of fused-ring (bicyclic) bond motifs is 3. The van der Waals surface area contributed by atoms with Gasteiger partial charge in [-0.15, -0.1) is 0 Å². The molecule has 2 heteroatoms. The van der Waals surface area contributed by atoms with Crippen molar-refractivity contribution in [2.75, 3.05) is 4.90 Å². The van der Waals surface area contributed by atoms with Gasteiger partial charge in [0.1, 0.15) is 0 Å². The Labute approximate surface area is 476 Å². The van der Waals surface area contributed by atoms with Crippen LogP contribution in [0.15, 0.2) is 200 Å². The van der Waals surface area contributed by atoms with Crippen LogP contribution in [0.25, 0.3) is 93.2 Å². The average molecular weight is 1040 g/mol. The SMILES string of the molecule is CC(C)(C)c1ccc(-c2ccc(N(c3ccc(-c4ccc(C(C)(C)C)cc4-c4ccc(C(C)(C)C)cc4)cc3)c3ccc4ccc5c(-n6c7ccc(C(C)(C)C)cc7c7cc(C(C)(C)C)ccc76)ccc6ccc3c4c65)cc2)cc1. The Kier molecular flexibility index (Phi) is 12.4. The Bertz CT molecular complexity index is 4230. The van der Waals surface area contributed by atoms with E-state index in [1.807, 2.05) is 0 Å². The third-order valence-electron chi connectivity index (χ3n) is 17.2. The summed E-state index contributed by atoms with van der Waals surface area (Å²) in [5.74, 6) is 0. The van der Waals surface area contributed by atoms with Crippen LogP contribution in [0.2, 0.25) is 0 Å². The third kappa shape index (κ3) is 9.35. The van der Waals surface area contributed by atoms with E-state index in [9.17, 15) is 0 Å². The first-order valence-electron chi connectivity index (χ1n) is 29.0. The van der Waals surface area contributed by atoms with Crippen LogP contribution in [0.3, 0.4) is 0 Å². The molecule has 2 nitrogen and oxygen atoms in total. The van der Waals surface area contributed by atoms with Crippen molar-refractivity contribution in [3.8, 4) is 39.1 Å². The molecule has 1 heterocycles. The summed E-state index contributed by atoms with van der Waals surface area (Å²) in [7, 11) is 0. The first-order chi connectivity index (χ1) is 37.8. The Balaban J connectivity index is 1.04. The smallest absolute Gasteiger partial charge is 0.0541 e. The maximum atomic E-state index is 2.53. The first-order valence-corrected chi connectivity index (χ1v) is 29.0. The molecule has 400 valence electrons. The lowest BCUT2D eigenvalue weighted by molar-refractivity contribution is 0.590. The molecule has 0 unspecified atom stereocenters. The predicted octanol–water partition coefficient (Wildman–Crippen LogP) is 22.6. The highest BCUT2D eigenvalue weighted by molar-refractivity contribution is 6.27. The van der Waals surface area contributed by atoms with E-state index >= 15 is 0 Å². The van der Waals surface area contributed by atoms with Gasteiger partial charge < -0.3 is 9.47 Å². The zero-order valence-corrected chi connectivity index (χ0v) is 49.9. The molecule has 0 saturated carbocycles. The van der Waals surface area contributed by atoms with Crippen molar-refractivity contribution in [3.05, 3.63) is 228 Å². The van der Waals surface area contributed by atoms with Gasteiger partial charge in [0.2, 0.25) is 0 Å². The molecule has 0 aliphatic rings. The van der Waals surface area contributed by atoms with Crippen molar-refractivity contribution < 1.29 is 0 Å². The lowest BCUT2D eigenvalue weighted by atomic mass is 9.82. The van der Waals surface area contributed by atoms with Gasteiger partial charge in [-0.1, -0.05) is 243 Å². The van der Waals surface area contributed by atoms with Gasteiger partial charge in [0.05, 0.1) is 22.4 Å². The molecule has 0 aliphatic carbocycles. The van der Waals surface area contributed by atoms with Crippen LogP contribution < -0.4 is 4.90 Å². The zero-order valence-electron chi connectivity index (χ0n) is 49.9. The highest BCUT2D eigenvalue weighted by Gasteiger charge is 2.26. The first kappa shape index (κ1) is 52.7. The number of hydrogen-bond donors (Lipinski definition) is 0. The summed E-state index contributed by atoms with van der Waals surface area (Å²) < 4.78 is 2.53. The van der Waals surface area contributed by atoms with Crippen LogP contribution >= 0.6 is 0 Å². The van der Waals surface area contributed by atoms with Crippen molar-refractivity contribution in [2.45, 2.75) is 131 Å². The van der Waals surface area contributed by atoms with Crippen molar-refractivity contribution in [1.29, 1.82) is 0 Å². The van der Waals surface area contributed by atoms with Crippen LogP contribution in [0.1, 0.15) is 132 Å².